The van der Waals surface area contributed by atoms with E-state index in [0.29, 0.717) is 11.1 Å². The standard InChI is InChI=1S/C19H10F2INS/c20-17-9-13(12-1-5-15(22)6-2-12)3-7-16(17)14-4-8-19(23-11-24)18(21)10-14/h1-10H. The number of nitrogens with zero attached hydrogens (tertiary/aromatic N) is 1. The highest BCUT2D eigenvalue weighted by Crippen LogP contribution is 2.30. The Morgan fingerprint density at radius 3 is 2.04 bits per heavy atom. The SMILES string of the molecule is Fc1cc(-c2ccc(-c3ccc(I)cc3)cc2F)ccc1N=C=S. The molecule has 1 nitrogen and oxygen atoms in total. The summed E-state index contributed by atoms with van der Waals surface area (Å²) in [6, 6.07) is 17.0. The van der Waals surface area contributed by atoms with Gasteiger partial charge in [-0.1, -0.05) is 30.3 Å². The second-order valence-corrected chi connectivity index (χ2v) is 6.50. The van der Waals surface area contributed by atoms with Crippen LogP contribution in [0.4, 0.5) is 14.5 Å². The van der Waals surface area contributed by atoms with E-state index in [2.05, 4.69) is 45.0 Å². The first-order chi connectivity index (χ1) is 11.6. The fraction of sp³-hybridized carbons (Fsp3) is 0. The number of thiocarbonyl (C=S) groups is 1. The molecule has 0 N–H and O–H groups in total. The minimum Gasteiger partial charge on any atom is -0.206 e. The Morgan fingerprint density at radius 1 is 0.792 bits per heavy atom. The van der Waals surface area contributed by atoms with Gasteiger partial charge in [-0.25, -0.2) is 8.78 Å². The Balaban J connectivity index is 1.99. The maximum Gasteiger partial charge on any atom is 0.150 e. The Labute approximate surface area is 157 Å². The lowest BCUT2D eigenvalue weighted by atomic mass is 9.99. The number of rotatable bonds is 3. The lowest BCUT2D eigenvalue weighted by Crippen LogP contribution is -1.88. The summed E-state index contributed by atoms with van der Waals surface area (Å²) in [5.74, 6) is -0.970. The van der Waals surface area contributed by atoms with Crippen molar-refractivity contribution >= 4 is 45.7 Å². The summed E-state index contributed by atoms with van der Waals surface area (Å²) < 4.78 is 29.6. The highest BCUT2D eigenvalue weighted by atomic mass is 127. The van der Waals surface area contributed by atoms with Gasteiger partial charge in [-0.2, -0.15) is 4.99 Å². The Bertz CT molecular complexity index is 948. The van der Waals surface area contributed by atoms with E-state index < -0.39 is 11.6 Å². The average Bonchev–Trinajstić information content (AvgIpc) is 2.57. The second-order valence-electron chi connectivity index (χ2n) is 5.07. The van der Waals surface area contributed by atoms with Crippen LogP contribution in [0.2, 0.25) is 0 Å². The molecule has 0 fully saturated rings. The maximum atomic E-state index is 14.5. The van der Waals surface area contributed by atoms with Gasteiger partial charge >= 0.3 is 0 Å². The van der Waals surface area contributed by atoms with Crippen LogP contribution in [0.3, 0.4) is 0 Å². The zero-order valence-electron chi connectivity index (χ0n) is 12.3. The summed E-state index contributed by atoms with van der Waals surface area (Å²) in [7, 11) is 0. The van der Waals surface area contributed by atoms with Crippen LogP contribution in [-0.2, 0) is 0 Å². The molecule has 0 heterocycles. The molecule has 0 unspecified atom stereocenters. The minimum atomic E-state index is -0.564. The predicted molar refractivity (Wildman–Crippen MR) is 105 cm³/mol. The first-order valence-corrected chi connectivity index (χ1v) is 8.50. The summed E-state index contributed by atoms with van der Waals surface area (Å²) >= 11 is 6.68. The molecule has 0 bridgehead atoms. The molecule has 24 heavy (non-hydrogen) atoms. The van der Waals surface area contributed by atoms with Gasteiger partial charge in [0.1, 0.15) is 17.3 Å². The lowest BCUT2D eigenvalue weighted by molar-refractivity contribution is 0.626. The molecule has 0 radical (unpaired) electrons. The van der Waals surface area contributed by atoms with Crippen molar-refractivity contribution in [3.05, 3.63) is 75.9 Å². The van der Waals surface area contributed by atoms with Crippen molar-refractivity contribution in [2.45, 2.75) is 0 Å². The summed E-state index contributed by atoms with van der Waals surface area (Å²) in [6.45, 7) is 0. The second kappa shape index (κ2) is 7.30. The number of benzene rings is 3. The van der Waals surface area contributed by atoms with Gasteiger partial charge in [0.05, 0.1) is 5.16 Å². The largest absolute Gasteiger partial charge is 0.206 e. The van der Waals surface area contributed by atoms with Gasteiger partial charge in [0.2, 0.25) is 0 Å². The van der Waals surface area contributed by atoms with E-state index in [4.69, 9.17) is 0 Å². The fourth-order valence-corrected chi connectivity index (χ4v) is 2.84. The summed E-state index contributed by atoms with van der Waals surface area (Å²) in [5, 5.41) is 2.12. The topological polar surface area (TPSA) is 12.4 Å². The van der Waals surface area contributed by atoms with E-state index >= 15 is 0 Å². The quantitative estimate of drug-likeness (QED) is 0.248. The van der Waals surface area contributed by atoms with Gasteiger partial charge in [0.15, 0.2) is 0 Å². The van der Waals surface area contributed by atoms with Crippen molar-refractivity contribution in [3.8, 4) is 22.3 Å². The molecule has 3 rings (SSSR count). The summed E-state index contributed by atoms with van der Waals surface area (Å²) in [4.78, 5) is 3.62. The normalized spacial score (nSPS) is 10.3. The molecule has 0 spiro atoms. The van der Waals surface area contributed by atoms with Crippen molar-refractivity contribution in [1.29, 1.82) is 0 Å². The van der Waals surface area contributed by atoms with Crippen molar-refractivity contribution in [1.82, 2.24) is 0 Å². The molecule has 0 aliphatic carbocycles. The molecule has 0 aliphatic heterocycles. The molecule has 0 amide bonds. The van der Waals surface area contributed by atoms with E-state index in [0.717, 1.165) is 14.7 Å². The molecule has 3 aromatic rings. The Kier molecular flexibility index (Phi) is 5.14. The average molecular weight is 449 g/mol. The Morgan fingerprint density at radius 2 is 1.42 bits per heavy atom. The molecule has 0 saturated carbocycles. The van der Waals surface area contributed by atoms with Gasteiger partial charge in [-0.3, -0.25) is 0 Å². The number of hydrogen-bond acceptors (Lipinski definition) is 2. The first kappa shape index (κ1) is 16.9. The van der Waals surface area contributed by atoms with Crippen LogP contribution < -0.4 is 0 Å². The van der Waals surface area contributed by atoms with Crippen LogP contribution in [-0.4, -0.2) is 5.16 Å². The molecule has 0 aliphatic rings. The fourth-order valence-electron chi connectivity index (χ4n) is 2.39. The van der Waals surface area contributed by atoms with E-state index in [1.54, 1.807) is 12.1 Å². The molecule has 3 aromatic carbocycles. The third-order valence-corrected chi connectivity index (χ3v) is 4.38. The molecule has 5 heteroatoms. The number of halogens is 3. The van der Waals surface area contributed by atoms with Crippen LogP contribution in [0, 0.1) is 15.2 Å². The van der Waals surface area contributed by atoms with Crippen LogP contribution in [0.25, 0.3) is 22.3 Å². The molecule has 0 aromatic heterocycles. The molecule has 0 atom stereocenters. The smallest absolute Gasteiger partial charge is 0.150 e. The first-order valence-electron chi connectivity index (χ1n) is 7.02. The van der Waals surface area contributed by atoms with E-state index in [1.165, 1.54) is 18.2 Å². The van der Waals surface area contributed by atoms with Crippen molar-refractivity contribution < 1.29 is 8.78 Å². The predicted octanol–water partition coefficient (Wildman–Crippen LogP) is 6.64. The molecule has 118 valence electrons. The van der Waals surface area contributed by atoms with Crippen LogP contribution in [0.1, 0.15) is 0 Å². The number of hydrogen-bond donors (Lipinski definition) is 0. The maximum absolute atomic E-state index is 14.5. The van der Waals surface area contributed by atoms with Crippen molar-refractivity contribution in [3.63, 3.8) is 0 Å². The van der Waals surface area contributed by atoms with Crippen LogP contribution in [0.15, 0.2) is 65.7 Å². The number of aliphatic imine (C=N–C) groups is 1. The van der Waals surface area contributed by atoms with Gasteiger partial charge < -0.3 is 0 Å². The van der Waals surface area contributed by atoms with Gasteiger partial charge in [0.25, 0.3) is 0 Å². The molecule has 0 saturated heterocycles. The van der Waals surface area contributed by atoms with Crippen LogP contribution >= 0.6 is 34.8 Å². The van der Waals surface area contributed by atoms with Crippen molar-refractivity contribution in [2.75, 3.05) is 0 Å². The summed E-state index contributed by atoms with van der Waals surface area (Å²) in [5.41, 5.74) is 2.57. The molecular weight excluding hydrogens is 439 g/mol. The van der Waals surface area contributed by atoms with E-state index in [9.17, 15) is 8.78 Å². The van der Waals surface area contributed by atoms with E-state index in [1.807, 2.05) is 30.3 Å². The number of isothiocyanates is 1. The third kappa shape index (κ3) is 3.59. The van der Waals surface area contributed by atoms with Gasteiger partial charge in [-0.05, 0) is 81.8 Å². The van der Waals surface area contributed by atoms with Gasteiger partial charge in [-0.15, -0.1) is 0 Å². The Hall–Kier alpha value is -1.95. The molecular formula is C19H10F2INS. The highest BCUT2D eigenvalue weighted by molar-refractivity contribution is 14.1. The van der Waals surface area contributed by atoms with Crippen LogP contribution in [0.5, 0.6) is 0 Å². The monoisotopic (exact) mass is 449 g/mol. The van der Waals surface area contributed by atoms with Crippen molar-refractivity contribution in [2.24, 2.45) is 4.99 Å². The zero-order chi connectivity index (χ0) is 17.1. The van der Waals surface area contributed by atoms with E-state index in [-0.39, 0.29) is 5.69 Å². The highest BCUT2D eigenvalue weighted by Gasteiger charge is 2.10. The zero-order valence-corrected chi connectivity index (χ0v) is 15.2. The lowest BCUT2D eigenvalue weighted by Gasteiger charge is -2.08. The summed E-state index contributed by atoms with van der Waals surface area (Å²) in [6.07, 6.45) is 0. The minimum absolute atomic E-state index is 0.0877. The van der Waals surface area contributed by atoms with Gasteiger partial charge in [0, 0.05) is 9.13 Å². The third-order valence-electron chi connectivity index (χ3n) is 3.57.